The number of fused-ring (bicyclic) bond motifs is 1. The second kappa shape index (κ2) is 13.1. The zero-order valence-corrected chi connectivity index (χ0v) is 24.5. The standard InChI is InChI=1S/C32H29BrN2O4S/c1-2-38-32(37)22-14-12-21(13-15-22)20-39-27-17-16-24(33)18-23(27)19-34-31-29(26-10-6-7-11-28(26)40-31)30(36)35-25-8-4-3-5-9-25/h3-5,8-9,12-19H,2,6-7,10-11,20H2,1H3,(H,35,36). The number of para-hydroxylation sites is 1. The SMILES string of the molecule is CCOC(=O)c1ccc(COc2ccc(Br)cc2C=Nc2sc3c(c2C(=O)Nc2ccccc2)CCCC3)cc1. The van der Waals surface area contributed by atoms with Crippen molar-refractivity contribution in [3.8, 4) is 5.75 Å². The molecule has 1 aliphatic rings. The number of hydrogen-bond acceptors (Lipinski definition) is 6. The lowest BCUT2D eigenvalue weighted by atomic mass is 9.95. The van der Waals surface area contributed by atoms with Crippen molar-refractivity contribution in [1.29, 1.82) is 0 Å². The molecule has 0 atom stereocenters. The number of carbonyl (C=O) groups excluding carboxylic acids is 2. The minimum absolute atomic E-state index is 0.130. The van der Waals surface area contributed by atoms with Crippen molar-refractivity contribution in [2.75, 3.05) is 11.9 Å². The summed E-state index contributed by atoms with van der Waals surface area (Å²) in [6.07, 6.45) is 5.82. The smallest absolute Gasteiger partial charge is 0.338 e. The maximum Gasteiger partial charge on any atom is 0.338 e. The first-order chi connectivity index (χ1) is 19.5. The summed E-state index contributed by atoms with van der Waals surface area (Å²) in [5.41, 5.74) is 4.76. The van der Waals surface area contributed by atoms with E-state index in [0.29, 0.717) is 35.1 Å². The van der Waals surface area contributed by atoms with Gasteiger partial charge in [0.25, 0.3) is 5.91 Å². The number of thiophene rings is 1. The summed E-state index contributed by atoms with van der Waals surface area (Å²) in [5.74, 6) is 0.196. The number of aliphatic imine (C=N–C) groups is 1. The van der Waals surface area contributed by atoms with Gasteiger partial charge in [-0.1, -0.05) is 46.3 Å². The molecule has 6 nitrogen and oxygen atoms in total. The average Bonchev–Trinajstić information content (AvgIpc) is 3.35. The number of aryl methyl sites for hydroxylation is 1. The van der Waals surface area contributed by atoms with Gasteiger partial charge < -0.3 is 14.8 Å². The Morgan fingerprint density at radius 3 is 2.58 bits per heavy atom. The van der Waals surface area contributed by atoms with E-state index in [9.17, 15) is 9.59 Å². The summed E-state index contributed by atoms with van der Waals surface area (Å²) in [6, 6.07) is 22.4. The van der Waals surface area contributed by atoms with Crippen LogP contribution in [0.15, 0.2) is 82.3 Å². The van der Waals surface area contributed by atoms with Crippen LogP contribution in [-0.2, 0) is 24.2 Å². The molecular formula is C32H29BrN2O4S. The van der Waals surface area contributed by atoms with Crippen LogP contribution in [-0.4, -0.2) is 24.7 Å². The van der Waals surface area contributed by atoms with Crippen molar-refractivity contribution >= 4 is 56.0 Å². The summed E-state index contributed by atoms with van der Waals surface area (Å²) in [7, 11) is 0. The molecule has 0 fully saturated rings. The zero-order chi connectivity index (χ0) is 27.9. The maximum absolute atomic E-state index is 13.4. The number of ether oxygens (including phenoxy) is 2. The van der Waals surface area contributed by atoms with Gasteiger partial charge in [-0.2, -0.15) is 0 Å². The van der Waals surface area contributed by atoms with Gasteiger partial charge in [-0.05, 0) is 86.2 Å². The Balaban J connectivity index is 1.37. The molecule has 0 aliphatic heterocycles. The van der Waals surface area contributed by atoms with E-state index in [1.165, 1.54) is 4.88 Å². The van der Waals surface area contributed by atoms with E-state index in [0.717, 1.165) is 52.5 Å². The Morgan fingerprint density at radius 2 is 1.80 bits per heavy atom. The number of anilines is 1. The number of benzene rings is 3. The first-order valence-electron chi connectivity index (χ1n) is 13.2. The van der Waals surface area contributed by atoms with Gasteiger partial charge in [0.05, 0.1) is 17.7 Å². The van der Waals surface area contributed by atoms with Gasteiger partial charge in [-0.3, -0.25) is 4.79 Å². The van der Waals surface area contributed by atoms with Crippen molar-refractivity contribution in [3.05, 3.63) is 110 Å². The molecule has 1 aliphatic carbocycles. The minimum Gasteiger partial charge on any atom is -0.488 e. The van der Waals surface area contributed by atoms with E-state index in [-0.39, 0.29) is 11.9 Å². The average molecular weight is 618 g/mol. The van der Waals surface area contributed by atoms with E-state index in [4.69, 9.17) is 14.5 Å². The summed E-state index contributed by atoms with van der Waals surface area (Å²) in [5, 5.41) is 3.75. The van der Waals surface area contributed by atoms with Crippen molar-refractivity contribution in [2.24, 2.45) is 4.99 Å². The van der Waals surface area contributed by atoms with Crippen molar-refractivity contribution < 1.29 is 19.1 Å². The van der Waals surface area contributed by atoms with Crippen LogP contribution in [0, 0.1) is 0 Å². The topological polar surface area (TPSA) is 77.0 Å². The second-order valence-corrected chi connectivity index (χ2v) is 11.4. The van der Waals surface area contributed by atoms with E-state index in [1.54, 1.807) is 36.6 Å². The molecule has 1 heterocycles. The molecule has 0 bridgehead atoms. The highest BCUT2D eigenvalue weighted by Gasteiger charge is 2.25. The highest BCUT2D eigenvalue weighted by molar-refractivity contribution is 9.10. The number of esters is 1. The molecule has 1 amide bonds. The van der Waals surface area contributed by atoms with Gasteiger partial charge in [0, 0.05) is 26.8 Å². The first-order valence-corrected chi connectivity index (χ1v) is 14.9. The number of nitrogens with zero attached hydrogens (tertiary/aromatic N) is 1. The molecule has 204 valence electrons. The molecule has 40 heavy (non-hydrogen) atoms. The summed E-state index contributed by atoms with van der Waals surface area (Å²) in [6.45, 7) is 2.45. The van der Waals surface area contributed by atoms with Crippen LogP contribution in [0.1, 0.15) is 62.0 Å². The Morgan fingerprint density at radius 1 is 1.02 bits per heavy atom. The van der Waals surface area contributed by atoms with Gasteiger partial charge >= 0.3 is 5.97 Å². The molecule has 5 rings (SSSR count). The monoisotopic (exact) mass is 616 g/mol. The molecule has 3 aromatic carbocycles. The number of nitrogens with one attached hydrogen (secondary N) is 1. The predicted molar refractivity (Wildman–Crippen MR) is 163 cm³/mol. The lowest BCUT2D eigenvalue weighted by Gasteiger charge is -2.13. The normalized spacial score (nSPS) is 12.7. The van der Waals surface area contributed by atoms with E-state index < -0.39 is 0 Å². The van der Waals surface area contributed by atoms with E-state index in [2.05, 4.69) is 21.2 Å². The summed E-state index contributed by atoms with van der Waals surface area (Å²) in [4.78, 5) is 31.4. The van der Waals surface area contributed by atoms with Crippen LogP contribution in [0.2, 0.25) is 0 Å². The molecule has 1 aromatic heterocycles. The van der Waals surface area contributed by atoms with E-state index >= 15 is 0 Å². The number of rotatable bonds is 9. The van der Waals surface area contributed by atoms with Gasteiger partial charge in [0.1, 0.15) is 17.4 Å². The van der Waals surface area contributed by atoms with Gasteiger partial charge in [0.2, 0.25) is 0 Å². The lowest BCUT2D eigenvalue weighted by molar-refractivity contribution is 0.0526. The quantitative estimate of drug-likeness (QED) is 0.152. The fourth-order valence-corrected chi connectivity index (χ4v) is 6.19. The molecule has 4 aromatic rings. The number of hydrogen-bond donors (Lipinski definition) is 1. The third-order valence-electron chi connectivity index (χ3n) is 6.56. The molecule has 0 saturated carbocycles. The largest absolute Gasteiger partial charge is 0.488 e. The van der Waals surface area contributed by atoms with Crippen LogP contribution < -0.4 is 10.1 Å². The zero-order valence-electron chi connectivity index (χ0n) is 22.1. The van der Waals surface area contributed by atoms with Crippen LogP contribution >= 0.6 is 27.3 Å². The molecule has 0 saturated heterocycles. The molecule has 0 unspecified atom stereocenters. The Hall–Kier alpha value is -3.75. The third kappa shape index (κ3) is 6.69. The molecular weight excluding hydrogens is 588 g/mol. The predicted octanol–water partition coefficient (Wildman–Crippen LogP) is 8.15. The Labute approximate surface area is 246 Å². The summed E-state index contributed by atoms with van der Waals surface area (Å²) >= 11 is 5.15. The number of carbonyl (C=O) groups is 2. The van der Waals surface area contributed by atoms with Crippen LogP contribution in [0.5, 0.6) is 5.75 Å². The van der Waals surface area contributed by atoms with Crippen molar-refractivity contribution in [3.63, 3.8) is 0 Å². The molecule has 0 spiro atoms. The Kier molecular flexibility index (Phi) is 9.08. The fourth-order valence-electron chi connectivity index (χ4n) is 4.58. The van der Waals surface area contributed by atoms with Crippen LogP contribution in [0.3, 0.4) is 0 Å². The number of halogens is 1. The highest BCUT2D eigenvalue weighted by atomic mass is 79.9. The highest BCUT2D eigenvalue weighted by Crippen LogP contribution is 2.40. The van der Waals surface area contributed by atoms with Crippen LogP contribution in [0.25, 0.3) is 0 Å². The third-order valence-corrected chi connectivity index (χ3v) is 8.26. The molecule has 0 radical (unpaired) electrons. The fraction of sp³-hybridized carbons (Fsp3) is 0.219. The number of amides is 1. The van der Waals surface area contributed by atoms with Gasteiger partial charge in [-0.25, -0.2) is 9.79 Å². The van der Waals surface area contributed by atoms with Gasteiger partial charge in [0.15, 0.2) is 0 Å². The molecule has 8 heteroatoms. The van der Waals surface area contributed by atoms with Crippen LogP contribution in [0.4, 0.5) is 10.7 Å². The van der Waals surface area contributed by atoms with Gasteiger partial charge in [-0.15, -0.1) is 11.3 Å². The first kappa shape index (κ1) is 27.8. The maximum atomic E-state index is 13.4. The Bertz CT molecular complexity index is 1530. The summed E-state index contributed by atoms with van der Waals surface area (Å²) < 4.78 is 12.1. The molecule has 1 N–H and O–H groups in total. The van der Waals surface area contributed by atoms with E-state index in [1.807, 2.05) is 60.7 Å². The van der Waals surface area contributed by atoms with Crippen molar-refractivity contribution in [1.82, 2.24) is 0 Å². The lowest BCUT2D eigenvalue weighted by Crippen LogP contribution is -2.14. The van der Waals surface area contributed by atoms with Crippen molar-refractivity contribution in [2.45, 2.75) is 39.2 Å². The second-order valence-electron chi connectivity index (χ2n) is 9.36. The minimum atomic E-state index is -0.339.